The molecular weight excluding hydrogens is 224 g/mol. The predicted molar refractivity (Wildman–Crippen MR) is 70.2 cm³/mol. The van der Waals surface area contributed by atoms with Crippen molar-refractivity contribution in [3.8, 4) is 17.9 Å². The molecule has 0 aliphatic carbocycles. The molecule has 1 aromatic rings. The first kappa shape index (κ1) is 14.1. The molecule has 0 radical (unpaired) electrons. The maximum atomic E-state index is 9.06. The van der Waals surface area contributed by atoms with Gasteiger partial charge in [-0.15, -0.1) is 0 Å². The van der Waals surface area contributed by atoms with E-state index in [1.165, 1.54) is 12.8 Å². The molecule has 3 nitrogen and oxygen atoms in total. The average molecular weight is 242 g/mol. The minimum absolute atomic E-state index is 0.432. The number of hydrogen-bond donors (Lipinski definition) is 0. The second kappa shape index (κ2) is 7.35. The lowest BCUT2D eigenvalue weighted by molar-refractivity contribution is 0.303. The number of benzene rings is 1. The van der Waals surface area contributed by atoms with E-state index in [0.717, 1.165) is 18.4 Å². The third-order valence-corrected chi connectivity index (χ3v) is 2.72. The van der Waals surface area contributed by atoms with Crippen LogP contribution in [0, 0.1) is 29.6 Å². The number of aryl methyl sites for hydroxylation is 1. The van der Waals surface area contributed by atoms with Crippen LogP contribution in [0.3, 0.4) is 0 Å². The first-order valence-electron chi connectivity index (χ1n) is 6.30. The molecule has 0 N–H and O–H groups in total. The van der Waals surface area contributed by atoms with Crippen molar-refractivity contribution in [3.63, 3.8) is 0 Å². The molecule has 0 heterocycles. The van der Waals surface area contributed by atoms with Gasteiger partial charge in [0, 0.05) is 0 Å². The van der Waals surface area contributed by atoms with E-state index in [1.807, 2.05) is 6.92 Å². The zero-order chi connectivity index (χ0) is 13.4. The highest BCUT2D eigenvalue weighted by molar-refractivity contribution is 5.55. The lowest BCUT2D eigenvalue weighted by Crippen LogP contribution is -2.01. The summed E-state index contributed by atoms with van der Waals surface area (Å²) in [6, 6.07) is 7.68. The van der Waals surface area contributed by atoms with E-state index in [9.17, 15) is 0 Å². The van der Waals surface area contributed by atoms with Gasteiger partial charge in [0.05, 0.1) is 17.7 Å². The SMILES string of the molecule is CCCCCCOc1c(C#N)cc(C)cc1C#N. The summed E-state index contributed by atoms with van der Waals surface area (Å²) >= 11 is 0. The van der Waals surface area contributed by atoms with Crippen LogP contribution in [0.15, 0.2) is 12.1 Å². The Hall–Kier alpha value is -2.00. The van der Waals surface area contributed by atoms with Crippen molar-refractivity contribution < 1.29 is 4.74 Å². The van der Waals surface area contributed by atoms with Gasteiger partial charge in [-0.2, -0.15) is 10.5 Å². The Morgan fingerprint density at radius 3 is 2.17 bits per heavy atom. The molecule has 94 valence electrons. The fourth-order valence-electron chi connectivity index (χ4n) is 1.80. The van der Waals surface area contributed by atoms with Crippen LogP contribution < -0.4 is 4.74 Å². The molecule has 0 aromatic heterocycles. The Bertz CT molecular complexity index is 445. The summed E-state index contributed by atoms with van der Waals surface area (Å²) in [5, 5.41) is 18.1. The van der Waals surface area contributed by atoms with Gasteiger partial charge in [-0.05, 0) is 31.0 Å². The monoisotopic (exact) mass is 242 g/mol. The highest BCUT2D eigenvalue weighted by Gasteiger charge is 2.10. The Labute approximate surface area is 109 Å². The molecule has 3 heteroatoms. The summed E-state index contributed by atoms with van der Waals surface area (Å²) in [4.78, 5) is 0. The van der Waals surface area contributed by atoms with E-state index in [4.69, 9.17) is 15.3 Å². The van der Waals surface area contributed by atoms with Crippen LogP contribution in [-0.2, 0) is 0 Å². The molecule has 0 amide bonds. The van der Waals surface area contributed by atoms with Gasteiger partial charge < -0.3 is 4.74 Å². The molecule has 0 aliphatic heterocycles. The van der Waals surface area contributed by atoms with Crippen LogP contribution in [-0.4, -0.2) is 6.61 Å². The van der Waals surface area contributed by atoms with Crippen LogP contribution in [0.2, 0.25) is 0 Å². The molecule has 0 atom stereocenters. The van der Waals surface area contributed by atoms with E-state index >= 15 is 0 Å². The fraction of sp³-hybridized carbons (Fsp3) is 0.467. The Kier molecular flexibility index (Phi) is 5.74. The second-order valence-electron chi connectivity index (χ2n) is 4.32. The van der Waals surface area contributed by atoms with Crippen molar-refractivity contribution in [2.75, 3.05) is 6.61 Å². The van der Waals surface area contributed by atoms with Gasteiger partial charge in [-0.25, -0.2) is 0 Å². The highest BCUT2D eigenvalue weighted by atomic mass is 16.5. The topological polar surface area (TPSA) is 56.8 Å². The van der Waals surface area contributed by atoms with Gasteiger partial charge in [0.15, 0.2) is 5.75 Å². The molecular formula is C15H18N2O. The number of rotatable bonds is 6. The van der Waals surface area contributed by atoms with Gasteiger partial charge >= 0.3 is 0 Å². The molecule has 0 spiro atoms. The maximum Gasteiger partial charge on any atom is 0.154 e. The summed E-state index contributed by atoms with van der Waals surface area (Å²) in [6.07, 6.45) is 4.44. The minimum atomic E-state index is 0.432. The quantitative estimate of drug-likeness (QED) is 0.715. The molecule has 0 aliphatic rings. The largest absolute Gasteiger partial charge is 0.491 e. The number of ether oxygens (including phenoxy) is 1. The van der Waals surface area contributed by atoms with E-state index in [-0.39, 0.29) is 0 Å². The summed E-state index contributed by atoms with van der Waals surface area (Å²) < 4.78 is 5.61. The van der Waals surface area contributed by atoms with E-state index in [0.29, 0.717) is 23.5 Å². The lowest BCUT2D eigenvalue weighted by Gasteiger charge is -2.10. The van der Waals surface area contributed by atoms with Crippen LogP contribution in [0.4, 0.5) is 0 Å². The van der Waals surface area contributed by atoms with Crippen molar-refractivity contribution in [2.45, 2.75) is 39.5 Å². The van der Waals surface area contributed by atoms with Crippen LogP contribution >= 0.6 is 0 Å². The fourth-order valence-corrected chi connectivity index (χ4v) is 1.80. The molecule has 0 fully saturated rings. The summed E-state index contributed by atoms with van der Waals surface area (Å²) in [5.41, 5.74) is 1.80. The van der Waals surface area contributed by atoms with E-state index < -0.39 is 0 Å². The number of nitriles is 2. The second-order valence-corrected chi connectivity index (χ2v) is 4.32. The number of hydrogen-bond acceptors (Lipinski definition) is 3. The van der Waals surface area contributed by atoms with E-state index in [1.54, 1.807) is 12.1 Å². The van der Waals surface area contributed by atoms with Crippen molar-refractivity contribution in [2.24, 2.45) is 0 Å². The van der Waals surface area contributed by atoms with Crippen molar-refractivity contribution >= 4 is 0 Å². The molecule has 0 saturated carbocycles. The number of nitrogens with zero attached hydrogens (tertiary/aromatic N) is 2. The molecule has 1 rings (SSSR count). The van der Waals surface area contributed by atoms with Crippen molar-refractivity contribution in [1.29, 1.82) is 10.5 Å². The van der Waals surface area contributed by atoms with Crippen LogP contribution in [0.1, 0.15) is 49.3 Å². The smallest absolute Gasteiger partial charge is 0.154 e. The first-order chi connectivity index (χ1) is 8.72. The van der Waals surface area contributed by atoms with Crippen LogP contribution in [0.25, 0.3) is 0 Å². The van der Waals surface area contributed by atoms with Crippen molar-refractivity contribution in [1.82, 2.24) is 0 Å². The predicted octanol–water partition coefficient (Wildman–Crippen LogP) is 3.70. The summed E-state index contributed by atoms with van der Waals surface area (Å²) in [7, 11) is 0. The van der Waals surface area contributed by atoms with Crippen LogP contribution in [0.5, 0.6) is 5.75 Å². The number of unbranched alkanes of at least 4 members (excludes halogenated alkanes) is 3. The van der Waals surface area contributed by atoms with Gasteiger partial charge in [-0.3, -0.25) is 0 Å². The maximum absolute atomic E-state index is 9.06. The Morgan fingerprint density at radius 1 is 1.06 bits per heavy atom. The Balaban J connectivity index is 2.75. The van der Waals surface area contributed by atoms with Gasteiger partial charge in [0.1, 0.15) is 12.1 Å². The zero-order valence-corrected chi connectivity index (χ0v) is 11.0. The zero-order valence-electron chi connectivity index (χ0n) is 11.0. The van der Waals surface area contributed by atoms with Gasteiger partial charge in [0.25, 0.3) is 0 Å². The third-order valence-electron chi connectivity index (χ3n) is 2.72. The van der Waals surface area contributed by atoms with Gasteiger partial charge in [-0.1, -0.05) is 26.2 Å². The average Bonchev–Trinajstić information content (AvgIpc) is 2.39. The van der Waals surface area contributed by atoms with Gasteiger partial charge in [0.2, 0.25) is 0 Å². The molecule has 1 aromatic carbocycles. The molecule has 0 saturated heterocycles. The molecule has 18 heavy (non-hydrogen) atoms. The third kappa shape index (κ3) is 3.79. The van der Waals surface area contributed by atoms with E-state index in [2.05, 4.69) is 19.1 Å². The highest BCUT2D eigenvalue weighted by Crippen LogP contribution is 2.25. The first-order valence-corrected chi connectivity index (χ1v) is 6.30. The van der Waals surface area contributed by atoms with Crippen molar-refractivity contribution in [3.05, 3.63) is 28.8 Å². The normalized spacial score (nSPS) is 9.56. The lowest BCUT2D eigenvalue weighted by atomic mass is 10.1. The summed E-state index contributed by atoms with van der Waals surface area (Å²) in [6.45, 7) is 4.58. The Morgan fingerprint density at radius 2 is 1.67 bits per heavy atom. The molecule has 0 bridgehead atoms. The standard InChI is InChI=1S/C15H18N2O/c1-3-4-5-6-7-18-15-13(10-16)8-12(2)9-14(15)11-17/h8-9H,3-7H2,1-2H3. The minimum Gasteiger partial charge on any atom is -0.491 e. The molecule has 0 unspecified atom stereocenters. The summed E-state index contributed by atoms with van der Waals surface area (Å²) in [5.74, 6) is 0.432.